The highest BCUT2D eigenvalue weighted by atomic mass is 16.1. The van der Waals surface area contributed by atoms with Gasteiger partial charge in [-0.2, -0.15) is 15.0 Å². The van der Waals surface area contributed by atoms with Crippen LogP contribution >= 0.6 is 0 Å². The van der Waals surface area contributed by atoms with Crippen LogP contribution < -0.4 is 16.4 Å². The lowest BCUT2D eigenvalue weighted by Gasteiger charge is -2.05. The molecule has 1 amide bonds. The number of benzene rings is 1. The summed E-state index contributed by atoms with van der Waals surface area (Å²) in [5.74, 6) is 0.146. The van der Waals surface area contributed by atoms with Gasteiger partial charge >= 0.3 is 0 Å². The first-order valence-corrected chi connectivity index (χ1v) is 6.25. The van der Waals surface area contributed by atoms with E-state index in [0.717, 1.165) is 0 Å². The number of nitrogens with one attached hydrogen (secondary N) is 2. The Labute approximate surface area is 117 Å². The molecule has 0 aliphatic heterocycles. The van der Waals surface area contributed by atoms with E-state index in [4.69, 9.17) is 5.73 Å². The molecule has 0 unspecified atom stereocenters. The SMILES string of the molecule is CC.CNc1nc(N)nc(NC(=O)c2ccccc2)n1. The van der Waals surface area contributed by atoms with E-state index in [-0.39, 0.29) is 17.8 Å². The van der Waals surface area contributed by atoms with E-state index in [1.54, 1.807) is 31.3 Å². The van der Waals surface area contributed by atoms with Gasteiger partial charge in [-0.1, -0.05) is 32.0 Å². The van der Waals surface area contributed by atoms with Gasteiger partial charge in [0.15, 0.2) is 0 Å². The third-order valence-corrected chi connectivity index (χ3v) is 2.14. The highest BCUT2D eigenvalue weighted by Crippen LogP contribution is 2.08. The third kappa shape index (κ3) is 4.20. The Hall–Kier alpha value is -2.70. The molecule has 1 heterocycles. The smallest absolute Gasteiger partial charge is 0.258 e. The summed E-state index contributed by atoms with van der Waals surface area (Å²) in [6.45, 7) is 4.00. The molecule has 20 heavy (non-hydrogen) atoms. The van der Waals surface area contributed by atoms with E-state index in [1.807, 2.05) is 19.9 Å². The zero-order valence-electron chi connectivity index (χ0n) is 11.7. The minimum atomic E-state index is -0.303. The Morgan fingerprint density at radius 2 is 1.65 bits per heavy atom. The minimum Gasteiger partial charge on any atom is -0.368 e. The molecule has 7 nitrogen and oxygen atoms in total. The van der Waals surface area contributed by atoms with Crippen LogP contribution in [0, 0.1) is 0 Å². The summed E-state index contributed by atoms with van der Waals surface area (Å²) in [6.07, 6.45) is 0. The number of carbonyl (C=O) groups excluding carboxylic acids is 1. The Kier molecular flexibility index (Phi) is 5.89. The van der Waals surface area contributed by atoms with Gasteiger partial charge in [-0.05, 0) is 12.1 Å². The number of carbonyl (C=O) groups is 1. The second-order valence-corrected chi connectivity index (χ2v) is 3.41. The predicted octanol–water partition coefficient (Wildman–Crippen LogP) is 1.77. The van der Waals surface area contributed by atoms with Crippen LogP contribution in [0.1, 0.15) is 24.2 Å². The van der Waals surface area contributed by atoms with Crippen molar-refractivity contribution >= 4 is 23.8 Å². The zero-order valence-corrected chi connectivity index (χ0v) is 11.7. The van der Waals surface area contributed by atoms with E-state index in [9.17, 15) is 4.79 Å². The molecule has 0 saturated heterocycles. The zero-order chi connectivity index (χ0) is 15.0. The van der Waals surface area contributed by atoms with Gasteiger partial charge in [0.1, 0.15) is 0 Å². The molecular formula is C13H18N6O. The number of amides is 1. The Morgan fingerprint density at radius 1 is 1.05 bits per heavy atom. The number of hydrogen-bond donors (Lipinski definition) is 3. The molecule has 0 aliphatic rings. The predicted molar refractivity (Wildman–Crippen MR) is 79.5 cm³/mol. The van der Waals surface area contributed by atoms with Gasteiger partial charge in [-0.25, -0.2) is 0 Å². The molecule has 2 rings (SSSR count). The molecule has 0 bridgehead atoms. The molecule has 7 heteroatoms. The molecule has 1 aromatic heterocycles. The van der Waals surface area contributed by atoms with Crippen LogP contribution in [0.25, 0.3) is 0 Å². The van der Waals surface area contributed by atoms with Crippen molar-refractivity contribution in [1.29, 1.82) is 0 Å². The number of nitrogens with zero attached hydrogens (tertiary/aromatic N) is 3. The standard InChI is InChI=1S/C11H12N6O.C2H6/c1-13-10-15-9(12)16-11(17-10)14-8(18)7-5-3-2-4-6-7;1-2/h2-6H,1H3,(H4,12,13,14,15,16,17,18);1-2H3. The van der Waals surface area contributed by atoms with Crippen LogP contribution in [0.15, 0.2) is 30.3 Å². The fraction of sp³-hybridized carbons (Fsp3) is 0.231. The van der Waals surface area contributed by atoms with Crippen LogP contribution in [0.2, 0.25) is 0 Å². The maximum Gasteiger partial charge on any atom is 0.258 e. The first-order chi connectivity index (χ1) is 9.69. The van der Waals surface area contributed by atoms with Crippen LogP contribution in [0.3, 0.4) is 0 Å². The molecule has 0 saturated carbocycles. The first-order valence-electron chi connectivity index (χ1n) is 6.25. The Morgan fingerprint density at radius 3 is 2.25 bits per heavy atom. The van der Waals surface area contributed by atoms with Gasteiger partial charge in [-0.3, -0.25) is 10.1 Å². The number of nitrogen functional groups attached to an aromatic ring is 1. The summed E-state index contributed by atoms with van der Waals surface area (Å²) < 4.78 is 0. The van der Waals surface area contributed by atoms with Crippen LogP contribution in [-0.4, -0.2) is 27.9 Å². The Balaban J connectivity index is 0.000000956. The molecule has 2 aromatic rings. The molecule has 0 fully saturated rings. The molecule has 0 radical (unpaired) electrons. The van der Waals surface area contributed by atoms with E-state index in [2.05, 4.69) is 25.6 Å². The number of hydrogen-bond acceptors (Lipinski definition) is 6. The highest BCUT2D eigenvalue weighted by Gasteiger charge is 2.09. The fourth-order valence-corrected chi connectivity index (χ4v) is 1.32. The van der Waals surface area contributed by atoms with Crippen molar-refractivity contribution in [3.8, 4) is 0 Å². The van der Waals surface area contributed by atoms with Gasteiger partial charge in [0.2, 0.25) is 17.8 Å². The average molecular weight is 274 g/mol. The molecule has 0 aliphatic carbocycles. The molecule has 0 atom stereocenters. The average Bonchev–Trinajstić information content (AvgIpc) is 2.49. The summed E-state index contributed by atoms with van der Waals surface area (Å²) >= 11 is 0. The van der Waals surface area contributed by atoms with E-state index < -0.39 is 0 Å². The lowest BCUT2D eigenvalue weighted by atomic mass is 10.2. The van der Waals surface area contributed by atoms with E-state index in [1.165, 1.54) is 0 Å². The fourth-order valence-electron chi connectivity index (χ4n) is 1.32. The summed E-state index contributed by atoms with van der Waals surface area (Å²) in [5.41, 5.74) is 6.01. The van der Waals surface area contributed by atoms with Crippen molar-refractivity contribution in [2.24, 2.45) is 0 Å². The second kappa shape index (κ2) is 7.67. The van der Waals surface area contributed by atoms with Gasteiger partial charge in [0, 0.05) is 12.6 Å². The maximum atomic E-state index is 11.9. The topological polar surface area (TPSA) is 106 Å². The molecular weight excluding hydrogens is 256 g/mol. The third-order valence-electron chi connectivity index (χ3n) is 2.14. The molecule has 0 spiro atoms. The number of nitrogens with two attached hydrogens (primary N) is 1. The van der Waals surface area contributed by atoms with Crippen molar-refractivity contribution in [3.63, 3.8) is 0 Å². The van der Waals surface area contributed by atoms with Crippen molar-refractivity contribution in [3.05, 3.63) is 35.9 Å². The lowest BCUT2D eigenvalue weighted by Crippen LogP contribution is -2.16. The van der Waals surface area contributed by atoms with Crippen LogP contribution in [-0.2, 0) is 0 Å². The largest absolute Gasteiger partial charge is 0.368 e. The molecule has 1 aromatic carbocycles. The van der Waals surface area contributed by atoms with E-state index in [0.29, 0.717) is 11.5 Å². The van der Waals surface area contributed by atoms with E-state index >= 15 is 0 Å². The minimum absolute atomic E-state index is 0.0395. The summed E-state index contributed by atoms with van der Waals surface area (Å²) in [7, 11) is 1.65. The number of anilines is 3. The van der Waals surface area contributed by atoms with Crippen LogP contribution in [0.4, 0.5) is 17.8 Å². The second-order valence-electron chi connectivity index (χ2n) is 3.41. The van der Waals surface area contributed by atoms with Crippen molar-refractivity contribution < 1.29 is 4.79 Å². The van der Waals surface area contributed by atoms with Crippen molar-refractivity contribution in [2.45, 2.75) is 13.8 Å². The number of aromatic nitrogens is 3. The van der Waals surface area contributed by atoms with Gasteiger partial charge in [-0.15, -0.1) is 0 Å². The summed E-state index contributed by atoms with van der Waals surface area (Å²) in [6, 6.07) is 8.76. The number of rotatable bonds is 3. The molecule has 106 valence electrons. The van der Waals surface area contributed by atoms with Crippen LogP contribution in [0.5, 0.6) is 0 Å². The van der Waals surface area contributed by atoms with Gasteiger partial charge < -0.3 is 11.1 Å². The lowest BCUT2D eigenvalue weighted by molar-refractivity contribution is 0.102. The quantitative estimate of drug-likeness (QED) is 0.787. The van der Waals surface area contributed by atoms with Crippen molar-refractivity contribution in [1.82, 2.24) is 15.0 Å². The summed E-state index contributed by atoms with van der Waals surface area (Å²) in [4.78, 5) is 23.5. The Bertz CT molecular complexity index is 558. The highest BCUT2D eigenvalue weighted by molar-refractivity contribution is 6.03. The normalized spacial score (nSPS) is 9.15. The van der Waals surface area contributed by atoms with Gasteiger partial charge in [0.05, 0.1) is 0 Å². The van der Waals surface area contributed by atoms with Crippen molar-refractivity contribution in [2.75, 3.05) is 23.4 Å². The van der Waals surface area contributed by atoms with Gasteiger partial charge in [0.25, 0.3) is 5.91 Å². The molecule has 4 N–H and O–H groups in total. The summed E-state index contributed by atoms with van der Waals surface area (Å²) in [5, 5.41) is 5.28. The maximum absolute atomic E-state index is 11.9. The monoisotopic (exact) mass is 274 g/mol. The first kappa shape index (κ1) is 15.4.